The van der Waals surface area contributed by atoms with Crippen LogP contribution in [-0.4, -0.2) is 29.9 Å². The minimum atomic E-state index is -0.431. The third kappa shape index (κ3) is 4.69. The van der Waals surface area contributed by atoms with Gasteiger partial charge >= 0.3 is 0 Å². The van der Waals surface area contributed by atoms with E-state index in [0.717, 1.165) is 29.7 Å². The summed E-state index contributed by atoms with van der Waals surface area (Å²) >= 11 is 0. The molecule has 2 aromatic carbocycles. The highest BCUT2D eigenvalue weighted by atomic mass is 16.2. The standard InChI is InChI=1S/C30H27N5O2/c1-30(2)19-35(29(37)24-13-28(36)34(18-24)25-5-3-4-21(11-25)14-31)27-9-8-20(12-26(27)30)6-7-22-10-23(15-32)17-33-16-22/h3-5,8-12,16-17,24H,6-7,13,18-19H2,1-2H3. The lowest BCUT2D eigenvalue weighted by Gasteiger charge is -2.23. The highest BCUT2D eigenvalue weighted by Crippen LogP contribution is 2.42. The number of aryl methyl sites for hydroxylation is 2. The van der Waals surface area contributed by atoms with Crippen LogP contribution >= 0.6 is 0 Å². The van der Waals surface area contributed by atoms with Crippen LogP contribution in [0.15, 0.2) is 60.9 Å². The van der Waals surface area contributed by atoms with Crippen LogP contribution in [-0.2, 0) is 27.8 Å². The smallest absolute Gasteiger partial charge is 0.232 e. The minimum Gasteiger partial charge on any atom is -0.312 e. The molecule has 2 amide bonds. The van der Waals surface area contributed by atoms with Crippen molar-refractivity contribution in [3.8, 4) is 12.1 Å². The average molecular weight is 490 g/mol. The Hall–Kier alpha value is -4.49. The van der Waals surface area contributed by atoms with E-state index in [1.807, 2.05) is 17.0 Å². The molecule has 7 heteroatoms. The van der Waals surface area contributed by atoms with E-state index in [1.165, 1.54) is 5.56 Å². The molecule has 1 aromatic heterocycles. The summed E-state index contributed by atoms with van der Waals surface area (Å²) < 4.78 is 0. The van der Waals surface area contributed by atoms with E-state index >= 15 is 0 Å². The number of hydrogen-bond donors (Lipinski definition) is 0. The van der Waals surface area contributed by atoms with Crippen LogP contribution in [0.1, 0.15) is 48.1 Å². The topological polar surface area (TPSA) is 101 Å². The van der Waals surface area contributed by atoms with Crippen molar-refractivity contribution in [3.63, 3.8) is 0 Å². The number of rotatable bonds is 5. The number of anilines is 2. The van der Waals surface area contributed by atoms with E-state index in [2.05, 4.69) is 43.1 Å². The lowest BCUT2D eigenvalue weighted by Crippen LogP contribution is -2.39. The van der Waals surface area contributed by atoms with Crippen molar-refractivity contribution in [3.05, 3.63) is 88.7 Å². The van der Waals surface area contributed by atoms with Gasteiger partial charge in [-0.05, 0) is 59.9 Å². The summed E-state index contributed by atoms with van der Waals surface area (Å²) in [6.45, 7) is 5.16. The number of nitriles is 2. The number of amides is 2. The Labute approximate surface area is 216 Å². The monoisotopic (exact) mass is 489 g/mol. The number of carbonyl (C=O) groups excluding carboxylic acids is 2. The fourth-order valence-electron chi connectivity index (χ4n) is 5.34. The minimum absolute atomic E-state index is 0.0359. The van der Waals surface area contributed by atoms with Gasteiger partial charge in [0, 0.05) is 48.7 Å². The van der Waals surface area contributed by atoms with Gasteiger partial charge in [-0.3, -0.25) is 14.6 Å². The van der Waals surface area contributed by atoms with Gasteiger partial charge in [-0.1, -0.05) is 32.0 Å². The second-order valence-electron chi connectivity index (χ2n) is 10.4. The van der Waals surface area contributed by atoms with Crippen LogP contribution < -0.4 is 9.80 Å². The third-order valence-corrected chi connectivity index (χ3v) is 7.29. The lowest BCUT2D eigenvalue weighted by molar-refractivity contribution is -0.124. The molecule has 0 N–H and O–H groups in total. The molecule has 7 nitrogen and oxygen atoms in total. The summed E-state index contributed by atoms with van der Waals surface area (Å²) in [5.74, 6) is -0.566. The van der Waals surface area contributed by atoms with Gasteiger partial charge < -0.3 is 9.80 Å². The van der Waals surface area contributed by atoms with Crippen molar-refractivity contribution in [2.45, 2.75) is 38.5 Å². The molecular formula is C30H27N5O2. The maximum absolute atomic E-state index is 13.7. The van der Waals surface area contributed by atoms with Gasteiger partial charge in [0.2, 0.25) is 11.8 Å². The van der Waals surface area contributed by atoms with Crippen molar-refractivity contribution in [2.75, 3.05) is 22.9 Å². The van der Waals surface area contributed by atoms with Crippen LogP contribution in [0.2, 0.25) is 0 Å². The predicted octanol–water partition coefficient (Wildman–Crippen LogP) is 4.29. The molecule has 1 unspecified atom stereocenters. The Kier molecular flexibility index (Phi) is 6.23. The number of nitrogens with zero attached hydrogens (tertiary/aromatic N) is 5. The van der Waals surface area contributed by atoms with Gasteiger partial charge in [-0.2, -0.15) is 10.5 Å². The van der Waals surface area contributed by atoms with E-state index in [1.54, 1.807) is 41.6 Å². The van der Waals surface area contributed by atoms with Gasteiger partial charge in [0.15, 0.2) is 0 Å². The third-order valence-electron chi connectivity index (χ3n) is 7.29. The highest BCUT2D eigenvalue weighted by Gasteiger charge is 2.43. The van der Waals surface area contributed by atoms with Gasteiger partial charge in [0.1, 0.15) is 6.07 Å². The summed E-state index contributed by atoms with van der Waals surface area (Å²) in [6.07, 6.45) is 5.10. The second kappa shape index (κ2) is 9.52. The number of pyridine rings is 1. The zero-order chi connectivity index (χ0) is 26.2. The molecule has 0 aliphatic carbocycles. The molecular weight excluding hydrogens is 462 g/mol. The quantitative estimate of drug-likeness (QED) is 0.532. The lowest BCUT2D eigenvalue weighted by atomic mass is 9.85. The number of benzene rings is 2. The molecule has 184 valence electrons. The van der Waals surface area contributed by atoms with Crippen LogP contribution in [0.25, 0.3) is 0 Å². The number of aromatic nitrogens is 1. The SMILES string of the molecule is CC1(C)CN(C(=O)C2CC(=O)N(c3cccc(C#N)c3)C2)c2ccc(CCc3cncc(C#N)c3)cc21. The summed E-state index contributed by atoms with van der Waals surface area (Å²) in [4.78, 5) is 34.1. The molecule has 0 spiro atoms. The zero-order valence-electron chi connectivity index (χ0n) is 20.9. The molecule has 2 aliphatic rings. The molecule has 2 aliphatic heterocycles. The number of carbonyl (C=O) groups is 2. The number of hydrogen-bond acceptors (Lipinski definition) is 5. The summed E-state index contributed by atoms with van der Waals surface area (Å²) in [5, 5.41) is 18.3. The summed E-state index contributed by atoms with van der Waals surface area (Å²) in [7, 11) is 0. The Morgan fingerprint density at radius 3 is 2.59 bits per heavy atom. The van der Waals surface area contributed by atoms with E-state index < -0.39 is 5.92 Å². The first-order chi connectivity index (χ1) is 17.8. The fourth-order valence-corrected chi connectivity index (χ4v) is 5.34. The Bertz CT molecular complexity index is 1480. The Balaban J connectivity index is 1.33. The Morgan fingerprint density at radius 1 is 1.03 bits per heavy atom. The average Bonchev–Trinajstić information content (AvgIpc) is 3.43. The largest absolute Gasteiger partial charge is 0.312 e. The first kappa shape index (κ1) is 24.2. The van der Waals surface area contributed by atoms with Crippen molar-refractivity contribution in [2.24, 2.45) is 5.92 Å². The maximum atomic E-state index is 13.7. The highest BCUT2D eigenvalue weighted by molar-refractivity contribution is 6.05. The van der Waals surface area contributed by atoms with Crippen LogP contribution in [0, 0.1) is 28.6 Å². The van der Waals surface area contributed by atoms with Crippen molar-refractivity contribution < 1.29 is 9.59 Å². The maximum Gasteiger partial charge on any atom is 0.232 e. The van der Waals surface area contributed by atoms with Crippen molar-refractivity contribution in [1.82, 2.24) is 4.98 Å². The fraction of sp³-hybridized carbons (Fsp3) is 0.300. The molecule has 0 bridgehead atoms. The number of fused-ring (bicyclic) bond motifs is 1. The molecule has 5 rings (SSSR count). The second-order valence-corrected chi connectivity index (χ2v) is 10.4. The van der Waals surface area contributed by atoms with Gasteiger partial charge in [0.05, 0.1) is 23.1 Å². The van der Waals surface area contributed by atoms with Gasteiger partial charge in [0.25, 0.3) is 0 Å². The predicted molar refractivity (Wildman–Crippen MR) is 140 cm³/mol. The summed E-state index contributed by atoms with van der Waals surface area (Å²) in [5.41, 5.74) is 5.71. The van der Waals surface area contributed by atoms with E-state index in [9.17, 15) is 14.9 Å². The molecule has 0 radical (unpaired) electrons. The van der Waals surface area contributed by atoms with E-state index in [-0.39, 0.29) is 23.7 Å². The van der Waals surface area contributed by atoms with E-state index in [0.29, 0.717) is 29.9 Å². The molecule has 3 heterocycles. The van der Waals surface area contributed by atoms with Crippen molar-refractivity contribution in [1.29, 1.82) is 10.5 Å². The van der Waals surface area contributed by atoms with Gasteiger partial charge in [-0.15, -0.1) is 0 Å². The normalized spacial score (nSPS) is 17.8. The molecule has 0 saturated carbocycles. The summed E-state index contributed by atoms with van der Waals surface area (Å²) in [6, 6.07) is 19.3. The van der Waals surface area contributed by atoms with Gasteiger partial charge in [-0.25, -0.2) is 0 Å². The Morgan fingerprint density at radius 2 is 1.81 bits per heavy atom. The molecule has 1 saturated heterocycles. The molecule has 1 fully saturated rings. The van der Waals surface area contributed by atoms with Crippen LogP contribution in [0.5, 0.6) is 0 Å². The van der Waals surface area contributed by atoms with Crippen LogP contribution in [0.3, 0.4) is 0 Å². The van der Waals surface area contributed by atoms with E-state index in [4.69, 9.17) is 5.26 Å². The molecule has 3 aromatic rings. The molecule has 1 atom stereocenters. The van der Waals surface area contributed by atoms with Crippen molar-refractivity contribution >= 4 is 23.2 Å². The first-order valence-electron chi connectivity index (χ1n) is 12.4. The zero-order valence-corrected chi connectivity index (χ0v) is 20.9. The first-order valence-corrected chi connectivity index (χ1v) is 12.4. The van der Waals surface area contributed by atoms with Crippen LogP contribution in [0.4, 0.5) is 11.4 Å². The molecule has 37 heavy (non-hydrogen) atoms.